The van der Waals surface area contributed by atoms with Gasteiger partial charge in [-0.1, -0.05) is 42.5 Å². The Labute approximate surface area is 105 Å². The zero-order valence-electron chi connectivity index (χ0n) is 10.1. The average molecular weight is 243 g/mol. The quantitative estimate of drug-likeness (QED) is 0.351. The van der Waals surface area contributed by atoms with Crippen LogP contribution in [-0.4, -0.2) is 18.0 Å². The molecule has 0 spiro atoms. The summed E-state index contributed by atoms with van der Waals surface area (Å²) < 4.78 is 14.2. The molecule has 2 aromatic rings. The van der Waals surface area contributed by atoms with Gasteiger partial charge in [0.05, 0.1) is 0 Å². The van der Waals surface area contributed by atoms with Crippen LogP contribution in [0.2, 0.25) is 0 Å². The summed E-state index contributed by atoms with van der Waals surface area (Å²) in [6, 6.07) is 13.7. The van der Waals surface area contributed by atoms with E-state index in [0.717, 1.165) is 16.3 Å². The molecule has 0 N–H and O–H groups in total. The molecule has 0 aliphatic heterocycles. The lowest BCUT2D eigenvalue weighted by Gasteiger charge is -2.04. The molecule has 0 aromatic heterocycles. The van der Waals surface area contributed by atoms with Gasteiger partial charge in [0, 0.05) is 12.5 Å². The lowest BCUT2D eigenvalue weighted by atomic mass is 10.0. The van der Waals surface area contributed by atoms with Crippen molar-refractivity contribution >= 4 is 17.0 Å². The molecule has 3 heteroatoms. The lowest BCUT2D eigenvalue weighted by Crippen LogP contribution is -1.94. The summed E-state index contributed by atoms with van der Waals surface area (Å²) in [6.07, 6.45) is 2.57. The molecule has 0 bridgehead atoms. The van der Waals surface area contributed by atoms with Crippen molar-refractivity contribution in [2.75, 3.05) is 7.05 Å². The van der Waals surface area contributed by atoms with Crippen molar-refractivity contribution in [2.45, 2.75) is 6.42 Å². The van der Waals surface area contributed by atoms with Crippen LogP contribution >= 0.6 is 0 Å². The van der Waals surface area contributed by atoms with Crippen molar-refractivity contribution in [1.82, 2.24) is 0 Å². The maximum Gasteiger partial charge on any atom is 0.176 e. The molecule has 0 aliphatic carbocycles. The fourth-order valence-electron chi connectivity index (χ4n) is 1.87. The van der Waals surface area contributed by atoms with E-state index >= 15 is 0 Å². The molecule has 0 saturated heterocycles. The van der Waals surface area contributed by atoms with Crippen LogP contribution in [0.4, 0.5) is 4.39 Å². The van der Waals surface area contributed by atoms with E-state index in [1.165, 1.54) is 19.3 Å². The van der Waals surface area contributed by atoms with Gasteiger partial charge in [-0.05, 0) is 16.3 Å². The molecule has 0 radical (unpaired) electrons. The highest BCUT2D eigenvalue weighted by atomic mass is 19.1. The summed E-state index contributed by atoms with van der Waals surface area (Å²) >= 11 is 0. The summed E-state index contributed by atoms with van der Waals surface area (Å²) in [6.45, 7) is 0. The van der Waals surface area contributed by atoms with E-state index in [1.807, 2.05) is 42.5 Å². The topological polar surface area (TPSA) is 26.1 Å². The highest BCUT2D eigenvalue weighted by Gasteiger charge is 2.03. The Kier molecular flexibility index (Phi) is 3.72. The van der Waals surface area contributed by atoms with Gasteiger partial charge in [0.1, 0.15) is 12.9 Å². The fraction of sp³-hybridized carbons (Fsp3) is 0.133. The number of benzene rings is 2. The van der Waals surface area contributed by atoms with Gasteiger partial charge in [-0.3, -0.25) is 0 Å². The largest absolute Gasteiger partial charge is 0.624 e. The molecule has 2 nitrogen and oxygen atoms in total. The van der Waals surface area contributed by atoms with E-state index in [-0.39, 0.29) is 12.2 Å². The zero-order valence-corrected chi connectivity index (χ0v) is 10.1. The number of nitrogens with zero attached hydrogens (tertiary/aromatic N) is 1. The van der Waals surface area contributed by atoms with Crippen molar-refractivity contribution in [1.29, 1.82) is 0 Å². The van der Waals surface area contributed by atoms with Gasteiger partial charge >= 0.3 is 0 Å². The van der Waals surface area contributed by atoms with E-state index in [0.29, 0.717) is 4.74 Å². The smallest absolute Gasteiger partial charge is 0.176 e. The monoisotopic (exact) mass is 243 g/mol. The molecular formula is C15H14FNO. The second kappa shape index (κ2) is 5.45. The number of allylic oxidation sites excluding steroid dienone is 2. The molecule has 0 amide bonds. The van der Waals surface area contributed by atoms with E-state index < -0.39 is 0 Å². The highest BCUT2D eigenvalue weighted by molar-refractivity contribution is 5.86. The molecule has 0 atom stereocenters. The van der Waals surface area contributed by atoms with Gasteiger partial charge in [0.2, 0.25) is 0 Å². The molecular weight excluding hydrogens is 229 g/mol. The van der Waals surface area contributed by atoms with Gasteiger partial charge in [-0.15, -0.1) is 0 Å². The molecule has 0 aliphatic rings. The standard InChI is InChI=1S/C15H14FNO/c1-17(18)10-9-14(16)11-13-7-4-6-12-5-2-3-8-15(12)13/h2-10H,11H2,1H3/b14-9-,17-10+. The van der Waals surface area contributed by atoms with Gasteiger partial charge < -0.3 is 5.21 Å². The van der Waals surface area contributed by atoms with Crippen molar-refractivity contribution in [2.24, 2.45) is 0 Å². The van der Waals surface area contributed by atoms with Crippen LogP contribution in [0.5, 0.6) is 0 Å². The summed E-state index contributed by atoms with van der Waals surface area (Å²) in [5.41, 5.74) is 0.920. The van der Waals surface area contributed by atoms with Crippen LogP contribution < -0.4 is 0 Å². The Bertz CT molecular complexity index is 607. The van der Waals surface area contributed by atoms with Gasteiger partial charge in [-0.2, -0.15) is 0 Å². The Morgan fingerprint density at radius 2 is 1.94 bits per heavy atom. The van der Waals surface area contributed by atoms with Crippen LogP contribution in [0, 0.1) is 5.21 Å². The maximum atomic E-state index is 13.6. The Hall–Kier alpha value is -2.16. The van der Waals surface area contributed by atoms with E-state index in [1.54, 1.807) is 0 Å². The van der Waals surface area contributed by atoms with Crippen LogP contribution in [0.3, 0.4) is 0 Å². The molecule has 0 saturated carbocycles. The Balaban J connectivity index is 2.32. The summed E-state index contributed by atoms with van der Waals surface area (Å²) in [4.78, 5) is 0. The zero-order chi connectivity index (χ0) is 13.0. The molecule has 0 unspecified atom stereocenters. The number of hydroxylamine groups is 1. The number of fused-ring (bicyclic) bond motifs is 1. The Morgan fingerprint density at radius 3 is 2.72 bits per heavy atom. The first-order chi connectivity index (χ1) is 8.66. The minimum Gasteiger partial charge on any atom is -0.624 e. The number of hydrogen-bond acceptors (Lipinski definition) is 1. The number of halogens is 1. The van der Waals surface area contributed by atoms with Crippen LogP contribution in [-0.2, 0) is 6.42 Å². The second-order valence-electron chi connectivity index (χ2n) is 4.12. The second-order valence-corrected chi connectivity index (χ2v) is 4.12. The highest BCUT2D eigenvalue weighted by Crippen LogP contribution is 2.21. The summed E-state index contributed by atoms with van der Waals surface area (Å²) in [5, 5.41) is 12.8. The van der Waals surface area contributed by atoms with Gasteiger partial charge in [-0.25, -0.2) is 9.13 Å². The minimum absolute atomic E-state index is 0.200. The fourth-order valence-corrected chi connectivity index (χ4v) is 1.87. The molecule has 2 aromatic carbocycles. The van der Waals surface area contributed by atoms with E-state index in [9.17, 15) is 9.60 Å². The van der Waals surface area contributed by atoms with E-state index in [2.05, 4.69) is 0 Å². The van der Waals surface area contributed by atoms with Crippen molar-refractivity contribution < 1.29 is 9.13 Å². The molecule has 0 fully saturated rings. The third-order valence-electron chi connectivity index (χ3n) is 2.70. The molecule has 92 valence electrons. The van der Waals surface area contributed by atoms with E-state index in [4.69, 9.17) is 0 Å². The lowest BCUT2D eigenvalue weighted by molar-refractivity contribution is -0.416. The predicted molar refractivity (Wildman–Crippen MR) is 72.5 cm³/mol. The first-order valence-electron chi connectivity index (χ1n) is 5.73. The Morgan fingerprint density at radius 1 is 1.22 bits per heavy atom. The number of rotatable bonds is 3. The molecule has 0 heterocycles. The predicted octanol–water partition coefficient (Wildman–Crippen LogP) is 3.45. The first-order valence-corrected chi connectivity index (χ1v) is 5.73. The average Bonchev–Trinajstić information content (AvgIpc) is 2.37. The van der Waals surface area contributed by atoms with Crippen LogP contribution in [0.15, 0.2) is 54.4 Å². The van der Waals surface area contributed by atoms with Gasteiger partial charge in [0.15, 0.2) is 6.21 Å². The SMILES string of the molecule is C/[N+]([O-])=C\C=C(/F)Cc1cccc2ccccc12. The maximum absolute atomic E-state index is 13.6. The molecule has 2 rings (SSSR count). The van der Waals surface area contributed by atoms with Crippen molar-refractivity contribution in [3.8, 4) is 0 Å². The normalized spacial score (nSPS) is 13.0. The van der Waals surface area contributed by atoms with Crippen molar-refractivity contribution in [3.63, 3.8) is 0 Å². The third-order valence-corrected chi connectivity index (χ3v) is 2.70. The van der Waals surface area contributed by atoms with Gasteiger partial charge in [0.25, 0.3) is 0 Å². The van der Waals surface area contributed by atoms with Crippen LogP contribution in [0.1, 0.15) is 5.56 Å². The minimum atomic E-state index is -0.325. The van der Waals surface area contributed by atoms with Crippen LogP contribution in [0.25, 0.3) is 10.8 Å². The van der Waals surface area contributed by atoms with Crippen molar-refractivity contribution in [3.05, 3.63) is 65.1 Å². The third kappa shape index (κ3) is 2.94. The molecule has 18 heavy (non-hydrogen) atoms. The number of hydrogen-bond donors (Lipinski definition) is 0. The summed E-state index contributed by atoms with van der Waals surface area (Å²) in [7, 11) is 1.32. The summed E-state index contributed by atoms with van der Waals surface area (Å²) in [5.74, 6) is -0.325. The first kappa shape index (κ1) is 12.3.